The van der Waals surface area contributed by atoms with Crippen molar-refractivity contribution >= 4 is 11.0 Å². The van der Waals surface area contributed by atoms with Gasteiger partial charge in [0, 0.05) is 6.20 Å². The van der Waals surface area contributed by atoms with Gasteiger partial charge in [-0.25, -0.2) is 4.98 Å². The first-order chi connectivity index (χ1) is 8.89. The van der Waals surface area contributed by atoms with E-state index in [1.807, 2.05) is 27.7 Å². The van der Waals surface area contributed by atoms with Crippen LogP contribution in [0.2, 0.25) is 0 Å². The quantitative estimate of drug-likeness (QED) is 0.744. The fraction of sp³-hybridized carbons (Fsp3) is 0.429. The van der Waals surface area contributed by atoms with Crippen LogP contribution in [0.4, 0.5) is 13.2 Å². The van der Waals surface area contributed by atoms with Crippen molar-refractivity contribution in [1.29, 1.82) is 0 Å². The molecule has 0 unspecified atom stereocenters. The third kappa shape index (κ3) is 3.43. The van der Waals surface area contributed by atoms with Crippen LogP contribution in [0.5, 0.6) is 0 Å². The maximum absolute atomic E-state index is 12.8. The number of fused-ring (bicyclic) bond motifs is 1. The molecule has 0 aliphatic heterocycles. The molecular weight excluding hydrogens is 253 g/mol. The van der Waals surface area contributed by atoms with E-state index in [1.165, 1.54) is 18.3 Å². The van der Waals surface area contributed by atoms with Gasteiger partial charge >= 0.3 is 6.18 Å². The predicted molar refractivity (Wildman–Crippen MR) is 70.0 cm³/mol. The highest BCUT2D eigenvalue weighted by Gasteiger charge is 2.33. The molecule has 0 bridgehead atoms. The van der Waals surface area contributed by atoms with Gasteiger partial charge in [-0.2, -0.15) is 13.2 Å². The second kappa shape index (κ2) is 5.99. The molecule has 2 aromatic rings. The third-order valence-electron chi connectivity index (χ3n) is 2.49. The van der Waals surface area contributed by atoms with Gasteiger partial charge in [0.05, 0.1) is 16.8 Å². The number of halogens is 3. The number of hydrogen-bond acceptors (Lipinski definition) is 2. The summed E-state index contributed by atoms with van der Waals surface area (Å²) in [5.41, 5.74) is 0.0228. The van der Waals surface area contributed by atoms with Gasteiger partial charge in [-0.05, 0) is 18.1 Å². The van der Waals surface area contributed by atoms with Crippen molar-refractivity contribution in [1.82, 2.24) is 9.97 Å². The van der Waals surface area contributed by atoms with Crippen LogP contribution in [0.1, 0.15) is 44.9 Å². The van der Waals surface area contributed by atoms with Crippen LogP contribution in [0.3, 0.4) is 0 Å². The zero-order valence-electron chi connectivity index (χ0n) is 11.4. The summed E-state index contributed by atoms with van der Waals surface area (Å²) in [5, 5.41) is 0. The summed E-state index contributed by atoms with van der Waals surface area (Å²) in [7, 11) is 0. The van der Waals surface area contributed by atoms with E-state index in [0.29, 0.717) is 5.69 Å². The highest BCUT2D eigenvalue weighted by molar-refractivity contribution is 5.78. The average Bonchev–Trinajstić information content (AvgIpc) is 2.38. The molecule has 0 saturated carbocycles. The number of aromatic nitrogens is 2. The van der Waals surface area contributed by atoms with Crippen molar-refractivity contribution in [3.63, 3.8) is 0 Å². The molecule has 2 rings (SSSR count). The zero-order valence-corrected chi connectivity index (χ0v) is 11.4. The van der Waals surface area contributed by atoms with E-state index in [0.717, 1.165) is 6.07 Å². The van der Waals surface area contributed by atoms with E-state index in [-0.39, 0.29) is 17.0 Å². The highest BCUT2D eigenvalue weighted by atomic mass is 19.4. The Morgan fingerprint density at radius 1 is 1.11 bits per heavy atom. The van der Waals surface area contributed by atoms with E-state index in [9.17, 15) is 13.2 Å². The summed E-state index contributed by atoms with van der Waals surface area (Å²) in [6.45, 7) is 7.73. The first-order valence-corrected chi connectivity index (χ1v) is 6.22. The minimum atomic E-state index is -4.40. The molecule has 2 nitrogen and oxygen atoms in total. The topological polar surface area (TPSA) is 25.8 Å². The fourth-order valence-electron chi connectivity index (χ4n) is 1.55. The number of nitrogens with zero attached hydrogens (tertiary/aromatic N) is 2. The molecule has 1 aromatic carbocycles. The van der Waals surface area contributed by atoms with Crippen LogP contribution >= 0.6 is 0 Å². The molecule has 0 radical (unpaired) electrons. The fourth-order valence-corrected chi connectivity index (χ4v) is 1.55. The molecule has 104 valence electrons. The molecule has 5 heteroatoms. The second-order valence-corrected chi connectivity index (χ2v) is 4.12. The van der Waals surface area contributed by atoms with Gasteiger partial charge in [0.25, 0.3) is 0 Å². The zero-order chi connectivity index (χ0) is 14.6. The number of alkyl halides is 3. The number of rotatable bonds is 1. The van der Waals surface area contributed by atoms with Gasteiger partial charge < -0.3 is 0 Å². The van der Waals surface area contributed by atoms with E-state index >= 15 is 0 Å². The largest absolute Gasteiger partial charge is 0.418 e. The van der Waals surface area contributed by atoms with Crippen molar-refractivity contribution < 1.29 is 13.2 Å². The van der Waals surface area contributed by atoms with Gasteiger partial charge in [-0.1, -0.05) is 33.8 Å². The Morgan fingerprint density at radius 2 is 1.74 bits per heavy atom. The number of hydrogen-bond donors (Lipinski definition) is 0. The van der Waals surface area contributed by atoms with E-state index in [2.05, 4.69) is 9.97 Å². The molecule has 0 amide bonds. The molecular formula is C14H17F3N2. The van der Waals surface area contributed by atoms with Gasteiger partial charge in [-0.3, -0.25) is 4.98 Å². The Bertz CT molecular complexity index is 548. The van der Waals surface area contributed by atoms with Crippen LogP contribution < -0.4 is 0 Å². The van der Waals surface area contributed by atoms with Gasteiger partial charge in [-0.15, -0.1) is 0 Å². The first-order valence-electron chi connectivity index (χ1n) is 6.22. The lowest BCUT2D eigenvalue weighted by atomic mass is 10.1. The monoisotopic (exact) mass is 270 g/mol. The van der Waals surface area contributed by atoms with Crippen molar-refractivity contribution in [2.45, 2.75) is 39.8 Å². The Balaban J connectivity index is 0.000000861. The Morgan fingerprint density at radius 3 is 2.26 bits per heavy atom. The van der Waals surface area contributed by atoms with Crippen LogP contribution in [-0.2, 0) is 6.18 Å². The predicted octanol–water partition coefficient (Wildman–Crippen LogP) is 4.80. The van der Waals surface area contributed by atoms with Crippen molar-refractivity contribution in [3.8, 4) is 0 Å². The minimum Gasteiger partial charge on any atom is -0.253 e. The van der Waals surface area contributed by atoms with Crippen LogP contribution in [0.25, 0.3) is 11.0 Å². The lowest BCUT2D eigenvalue weighted by Gasteiger charge is -2.11. The van der Waals surface area contributed by atoms with E-state index in [4.69, 9.17) is 0 Å². The maximum atomic E-state index is 12.8. The van der Waals surface area contributed by atoms with Crippen molar-refractivity contribution in [3.05, 3.63) is 35.7 Å². The van der Waals surface area contributed by atoms with Gasteiger partial charge in [0.1, 0.15) is 5.52 Å². The maximum Gasteiger partial charge on any atom is 0.418 e. The summed E-state index contributed by atoms with van der Waals surface area (Å²) >= 11 is 0. The number of benzene rings is 1. The summed E-state index contributed by atoms with van der Waals surface area (Å²) in [4.78, 5) is 8.07. The smallest absolute Gasteiger partial charge is 0.253 e. The molecule has 0 aliphatic carbocycles. The normalized spacial score (nSPS) is 11.4. The Labute approximate surface area is 110 Å². The summed E-state index contributed by atoms with van der Waals surface area (Å²) in [6, 6.07) is 3.90. The molecule has 0 atom stereocenters. The Hall–Kier alpha value is -1.65. The van der Waals surface area contributed by atoms with Crippen molar-refractivity contribution in [2.24, 2.45) is 0 Å². The van der Waals surface area contributed by atoms with E-state index < -0.39 is 11.7 Å². The van der Waals surface area contributed by atoms with Gasteiger partial charge in [0.15, 0.2) is 0 Å². The molecule has 0 spiro atoms. The van der Waals surface area contributed by atoms with Crippen LogP contribution in [-0.4, -0.2) is 9.97 Å². The molecule has 0 N–H and O–H groups in total. The Kier molecular flexibility index (Phi) is 4.86. The lowest BCUT2D eigenvalue weighted by Crippen LogP contribution is -2.08. The average molecular weight is 270 g/mol. The standard InChI is InChI=1S/C12H11F3N2.C2H6/c1-7(2)10-6-16-9-5-3-4-8(11(9)17-10)12(13,14)15;1-2/h3-7H,1-2H3;1-2H3. The molecule has 1 aromatic heterocycles. The van der Waals surface area contributed by atoms with Crippen LogP contribution in [0.15, 0.2) is 24.4 Å². The lowest BCUT2D eigenvalue weighted by molar-refractivity contribution is -0.136. The summed E-state index contributed by atoms with van der Waals surface area (Å²) in [5.74, 6) is 0.0492. The summed E-state index contributed by atoms with van der Waals surface area (Å²) in [6.07, 6.45) is -2.88. The molecule has 19 heavy (non-hydrogen) atoms. The summed E-state index contributed by atoms with van der Waals surface area (Å²) < 4.78 is 38.3. The number of para-hydroxylation sites is 1. The van der Waals surface area contributed by atoms with Crippen molar-refractivity contribution in [2.75, 3.05) is 0 Å². The first kappa shape index (κ1) is 15.4. The van der Waals surface area contributed by atoms with Gasteiger partial charge in [0.2, 0.25) is 0 Å². The van der Waals surface area contributed by atoms with E-state index in [1.54, 1.807) is 0 Å². The molecule has 0 aliphatic rings. The third-order valence-corrected chi connectivity index (χ3v) is 2.49. The SMILES string of the molecule is CC.CC(C)c1cnc2cccc(C(F)(F)F)c2n1. The van der Waals surface area contributed by atoms with Crippen LogP contribution in [0, 0.1) is 0 Å². The highest BCUT2D eigenvalue weighted by Crippen LogP contribution is 2.33. The molecule has 1 heterocycles. The molecule has 0 fully saturated rings. The second-order valence-electron chi connectivity index (χ2n) is 4.12. The molecule has 0 saturated heterocycles. The minimum absolute atomic E-state index is 0.0492.